The first kappa shape index (κ1) is 14.7. The van der Waals surface area contributed by atoms with Gasteiger partial charge in [-0.15, -0.1) is 0 Å². The van der Waals surface area contributed by atoms with E-state index in [1.807, 2.05) is 6.07 Å². The van der Waals surface area contributed by atoms with Crippen LogP contribution < -0.4 is 0 Å². The SMILES string of the molecule is N#Cc1c[nH]c2c(C(=O)ON3C(=O)c4ccccc4C3=O)cccc12. The second kappa shape index (κ2) is 5.32. The Morgan fingerprint density at radius 3 is 2.36 bits per heavy atom. The number of hydrogen-bond donors (Lipinski definition) is 1. The molecule has 0 bridgehead atoms. The van der Waals surface area contributed by atoms with Crippen LogP contribution in [0.5, 0.6) is 0 Å². The maximum atomic E-state index is 12.5. The standard InChI is InChI=1S/C18H9N3O4/c19-8-10-9-20-15-11(10)6-3-7-14(15)18(24)25-21-16(22)12-4-1-2-5-13(12)17(21)23/h1-7,9,20H. The average molecular weight is 331 g/mol. The molecule has 3 aromatic rings. The largest absolute Gasteiger partial charge is 0.366 e. The molecule has 1 aliphatic rings. The summed E-state index contributed by atoms with van der Waals surface area (Å²) in [5, 5.41) is 10.1. The number of nitrogens with one attached hydrogen (secondary N) is 1. The zero-order valence-electron chi connectivity index (χ0n) is 12.6. The van der Waals surface area contributed by atoms with Gasteiger partial charge in [0.15, 0.2) is 0 Å². The molecule has 2 amide bonds. The first-order valence-corrected chi connectivity index (χ1v) is 7.32. The van der Waals surface area contributed by atoms with Crippen LogP contribution in [-0.4, -0.2) is 27.8 Å². The summed E-state index contributed by atoms with van der Waals surface area (Å²) in [4.78, 5) is 44.9. The van der Waals surface area contributed by atoms with E-state index in [1.54, 1.807) is 24.3 Å². The molecule has 1 aliphatic heterocycles. The van der Waals surface area contributed by atoms with Crippen molar-refractivity contribution in [3.63, 3.8) is 0 Å². The molecule has 0 radical (unpaired) electrons. The highest BCUT2D eigenvalue weighted by Gasteiger charge is 2.39. The van der Waals surface area contributed by atoms with Crippen molar-refractivity contribution in [2.45, 2.75) is 0 Å². The van der Waals surface area contributed by atoms with E-state index in [1.165, 1.54) is 24.4 Å². The Labute approximate surface area is 141 Å². The van der Waals surface area contributed by atoms with Crippen LogP contribution in [0.2, 0.25) is 0 Å². The Morgan fingerprint density at radius 1 is 1.04 bits per heavy atom. The summed E-state index contributed by atoms with van der Waals surface area (Å²) in [6.45, 7) is 0. The summed E-state index contributed by atoms with van der Waals surface area (Å²) in [6, 6.07) is 13.0. The van der Waals surface area contributed by atoms with Crippen LogP contribution in [0.15, 0.2) is 48.7 Å². The maximum Gasteiger partial charge on any atom is 0.366 e. The third-order valence-corrected chi connectivity index (χ3v) is 3.99. The fourth-order valence-electron chi connectivity index (χ4n) is 2.80. The lowest BCUT2D eigenvalue weighted by Crippen LogP contribution is -2.32. The summed E-state index contributed by atoms with van der Waals surface area (Å²) < 4.78 is 0. The van der Waals surface area contributed by atoms with E-state index in [-0.39, 0.29) is 16.7 Å². The molecule has 1 N–H and O–H groups in total. The van der Waals surface area contributed by atoms with Crippen molar-refractivity contribution in [2.75, 3.05) is 0 Å². The molecule has 25 heavy (non-hydrogen) atoms. The van der Waals surface area contributed by atoms with Crippen molar-refractivity contribution >= 4 is 28.7 Å². The number of carbonyl (C=O) groups excluding carboxylic acids is 3. The molecule has 0 fully saturated rings. The molecule has 4 rings (SSSR count). The van der Waals surface area contributed by atoms with E-state index >= 15 is 0 Å². The van der Waals surface area contributed by atoms with E-state index < -0.39 is 17.8 Å². The van der Waals surface area contributed by atoms with E-state index in [4.69, 9.17) is 10.1 Å². The van der Waals surface area contributed by atoms with Crippen LogP contribution in [-0.2, 0) is 4.84 Å². The number of aromatic nitrogens is 1. The maximum absolute atomic E-state index is 12.5. The van der Waals surface area contributed by atoms with Crippen molar-refractivity contribution in [1.82, 2.24) is 10.0 Å². The van der Waals surface area contributed by atoms with Gasteiger partial charge in [0.2, 0.25) is 0 Å². The molecule has 0 unspecified atom stereocenters. The number of carbonyl (C=O) groups is 3. The molecule has 0 saturated carbocycles. The van der Waals surface area contributed by atoms with Gasteiger partial charge in [-0.3, -0.25) is 9.59 Å². The van der Waals surface area contributed by atoms with Crippen molar-refractivity contribution in [1.29, 1.82) is 5.26 Å². The number of hydrogen-bond acceptors (Lipinski definition) is 5. The van der Waals surface area contributed by atoms with Crippen molar-refractivity contribution in [3.05, 3.63) is 70.9 Å². The van der Waals surface area contributed by atoms with Gasteiger partial charge in [0.05, 0.1) is 27.8 Å². The number of hydroxylamine groups is 2. The Hall–Kier alpha value is -3.92. The molecule has 0 saturated heterocycles. The van der Waals surface area contributed by atoms with Crippen LogP contribution in [0, 0.1) is 11.3 Å². The van der Waals surface area contributed by atoms with Crippen molar-refractivity contribution in [3.8, 4) is 6.07 Å². The number of amides is 2. The molecule has 2 aromatic carbocycles. The van der Waals surface area contributed by atoms with Crippen LogP contribution >= 0.6 is 0 Å². The second-order valence-corrected chi connectivity index (χ2v) is 5.37. The topological polar surface area (TPSA) is 103 Å². The van der Waals surface area contributed by atoms with Crippen LogP contribution in [0.1, 0.15) is 36.6 Å². The van der Waals surface area contributed by atoms with Crippen LogP contribution in [0.4, 0.5) is 0 Å². The van der Waals surface area contributed by atoms with Gasteiger partial charge in [0, 0.05) is 11.6 Å². The number of imide groups is 1. The Balaban J connectivity index is 1.68. The molecule has 7 nitrogen and oxygen atoms in total. The van der Waals surface area contributed by atoms with Gasteiger partial charge >= 0.3 is 5.97 Å². The number of fused-ring (bicyclic) bond motifs is 2. The minimum absolute atomic E-state index is 0.121. The molecule has 1 aromatic heterocycles. The fraction of sp³-hybridized carbons (Fsp3) is 0. The predicted octanol–water partition coefficient (Wildman–Crippen LogP) is 2.41. The quantitative estimate of drug-likeness (QED) is 0.726. The zero-order chi connectivity index (χ0) is 17.6. The van der Waals surface area contributed by atoms with Gasteiger partial charge in [0.25, 0.3) is 11.8 Å². The highest BCUT2D eigenvalue weighted by molar-refractivity contribution is 6.21. The van der Waals surface area contributed by atoms with E-state index in [2.05, 4.69) is 4.98 Å². The normalized spacial score (nSPS) is 13.0. The molecule has 0 atom stereocenters. The average Bonchev–Trinajstić information content (AvgIpc) is 3.16. The van der Waals surface area contributed by atoms with E-state index in [9.17, 15) is 14.4 Å². The monoisotopic (exact) mass is 331 g/mol. The summed E-state index contributed by atoms with van der Waals surface area (Å²) >= 11 is 0. The van der Waals surface area contributed by atoms with Gasteiger partial charge < -0.3 is 9.82 Å². The molecular weight excluding hydrogens is 322 g/mol. The van der Waals surface area contributed by atoms with E-state index in [0.717, 1.165) is 0 Å². The first-order chi connectivity index (χ1) is 12.1. The number of rotatable bonds is 2. The van der Waals surface area contributed by atoms with Crippen LogP contribution in [0.25, 0.3) is 10.9 Å². The van der Waals surface area contributed by atoms with Crippen molar-refractivity contribution < 1.29 is 19.2 Å². The summed E-state index contributed by atoms with van der Waals surface area (Å²) in [7, 11) is 0. The third-order valence-electron chi connectivity index (χ3n) is 3.99. The Bertz CT molecular complexity index is 1070. The Kier molecular flexibility index (Phi) is 3.12. The first-order valence-electron chi connectivity index (χ1n) is 7.32. The summed E-state index contributed by atoms with van der Waals surface area (Å²) in [6.07, 6.45) is 1.48. The molecule has 7 heteroatoms. The second-order valence-electron chi connectivity index (χ2n) is 5.37. The zero-order valence-corrected chi connectivity index (χ0v) is 12.6. The number of aromatic amines is 1. The van der Waals surface area contributed by atoms with Gasteiger partial charge in [-0.25, -0.2) is 4.79 Å². The van der Waals surface area contributed by atoms with Crippen molar-refractivity contribution in [2.24, 2.45) is 0 Å². The Morgan fingerprint density at radius 2 is 1.72 bits per heavy atom. The fourth-order valence-corrected chi connectivity index (χ4v) is 2.80. The lowest BCUT2D eigenvalue weighted by Gasteiger charge is -2.13. The molecule has 0 aliphatic carbocycles. The minimum atomic E-state index is -0.869. The number of para-hydroxylation sites is 1. The summed E-state index contributed by atoms with van der Waals surface area (Å²) in [5.41, 5.74) is 1.27. The van der Waals surface area contributed by atoms with Gasteiger partial charge in [0.1, 0.15) is 6.07 Å². The molecule has 0 spiro atoms. The molecular formula is C18H9N3O4. The lowest BCUT2D eigenvalue weighted by atomic mass is 10.1. The minimum Gasteiger partial charge on any atom is -0.359 e. The predicted molar refractivity (Wildman–Crippen MR) is 85.4 cm³/mol. The van der Waals surface area contributed by atoms with Crippen LogP contribution in [0.3, 0.4) is 0 Å². The van der Waals surface area contributed by atoms with Gasteiger partial charge in [-0.2, -0.15) is 5.26 Å². The van der Waals surface area contributed by atoms with Gasteiger partial charge in [-0.05, 0) is 18.2 Å². The lowest BCUT2D eigenvalue weighted by molar-refractivity contribution is -0.0583. The number of nitriles is 1. The molecule has 120 valence electrons. The summed E-state index contributed by atoms with van der Waals surface area (Å²) in [5.74, 6) is -2.25. The smallest absolute Gasteiger partial charge is 0.359 e. The van der Waals surface area contributed by atoms with Gasteiger partial charge in [-0.1, -0.05) is 29.3 Å². The highest BCUT2D eigenvalue weighted by Crippen LogP contribution is 2.25. The third kappa shape index (κ3) is 2.09. The number of nitrogens with zero attached hydrogens (tertiary/aromatic N) is 2. The number of benzene rings is 2. The molecule has 2 heterocycles. The van der Waals surface area contributed by atoms with E-state index in [0.29, 0.717) is 21.5 Å². The highest BCUT2D eigenvalue weighted by atomic mass is 16.7. The number of H-pyrrole nitrogens is 1.